The molecule has 0 saturated heterocycles. The predicted molar refractivity (Wildman–Crippen MR) is 84.2 cm³/mol. The number of methoxy groups -OCH3 is 2. The first kappa shape index (κ1) is 17.5. The molecule has 1 N–H and O–H groups in total. The van der Waals surface area contributed by atoms with Crippen LogP contribution >= 0.6 is 0 Å². The first-order chi connectivity index (χ1) is 11.5. The molecule has 24 heavy (non-hydrogen) atoms. The van der Waals surface area contributed by atoms with Gasteiger partial charge in [0.05, 0.1) is 37.7 Å². The molecule has 0 atom stereocenters. The van der Waals surface area contributed by atoms with Crippen LogP contribution in [0, 0.1) is 0 Å². The quantitative estimate of drug-likeness (QED) is 0.799. The number of anilines is 1. The van der Waals surface area contributed by atoms with Gasteiger partial charge in [0.25, 0.3) is 5.91 Å². The number of para-hydroxylation sites is 1. The number of nitrogens with one attached hydrogen (secondary N) is 1. The van der Waals surface area contributed by atoms with Crippen LogP contribution in [0.25, 0.3) is 0 Å². The number of esters is 2. The lowest BCUT2D eigenvalue weighted by Crippen LogP contribution is -2.39. The second-order valence-electron chi connectivity index (χ2n) is 4.81. The fraction of sp³-hybridized carbons (Fsp3) is 0.312. The third-order valence-electron chi connectivity index (χ3n) is 3.50. The summed E-state index contributed by atoms with van der Waals surface area (Å²) in [5.41, 5.74) is 0.767. The zero-order valence-corrected chi connectivity index (χ0v) is 13.6. The summed E-state index contributed by atoms with van der Waals surface area (Å²) in [6.45, 7) is -0.102. The Labute approximate surface area is 139 Å². The first-order valence-corrected chi connectivity index (χ1v) is 7.11. The molecule has 0 aliphatic carbocycles. The van der Waals surface area contributed by atoms with Crippen LogP contribution in [-0.2, 0) is 23.8 Å². The fourth-order valence-corrected chi connectivity index (χ4v) is 2.37. The van der Waals surface area contributed by atoms with Crippen LogP contribution in [0.2, 0.25) is 0 Å². The minimum Gasteiger partial charge on any atom is -0.466 e. The molecular formula is C16H18N2O6. The molecule has 128 valence electrons. The molecular weight excluding hydrogens is 316 g/mol. The number of carbonyl (C=O) groups is 3. The van der Waals surface area contributed by atoms with Gasteiger partial charge >= 0.3 is 11.9 Å². The van der Waals surface area contributed by atoms with Gasteiger partial charge in [-0.15, -0.1) is 0 Å². The maximum absolute atomic E-state index is 12.2. The third-order valence-corrected chi connectivity index (χ3v) is 3.50. The summed E-state index contributed by atoms with van der Waals surface area (Å²) in [7, 11) is 3.92. The SMILES string of the molecule is CNC(=O)c1ccccc1N1COCC(C(=O)OC)=C1C(=O)OC. The lowest BCUT2D eigenvalue weighted by atomic mass is 10.1. The zero-order chi connectivity index (χ0) is 17.7. The van der Waals surface area contributed by atoms with E-state index in [2.05, 4.69) is 5.32 Å². The number of ether oxygens (including phenoxy) is 3. The molecule has 0 fully saturated rings. The molecule has 0 radical (unpaired) electrons. The van der Waals surface area contributed by atoms with Crippen molar-refractivity contribution in [2.45, 2.75) is 0 Å². The van der Waals surface area contributed by atoms with Crippen molar-refractivity contribution >= 4 is 23.5 Å². The van der Waals surface area contributed by atoms with E-state index in [1.165, 1.54) is 26.2 Å². The van der Waals surface area contributed by atoms with Gasteiger partial charge in [0.2, 0.25) is 0 Å². The summed E-state index contributed by atoms with van der Waals surface area (Å²) < 4.78 is 14.9. The Balaban J connectivity index is 2.62. The van der Waals surface area contributed by atoms with Gasteiger partial charge in [-0.2, -0.15) is 0 Å². The van der Waals surface area contributed by atoms with E-state index in [1.54, 1.807) is 24.3 Å². The van der Waals surface area contributed by atoms with Gasteiger partial charge in [0.1, 0.15) is 12.4 Å². The lowest BCUT2D eigenvalue weighted by molar-refractivity contribution is -0.140. The van der Waals surface area contributed by atoms with Crippen molar-refractivity contribution in [2.24, 2.45) is 0 Å². The number of carbonyl (C=O) groups excluding carboxylic acids is 3. The van der Waals surface area contributed by atoms with E-state index in [-0.39, 0.29) is 30.5 Å². The second kappa shape index (κ2) is 7.60. The number of amides is 1. The van der Waals surface area contributed by atoms with Gasteiger partial charge in [-0.3, -0.25) is 4.79 Å². The molecule has 1 aliphatic rings. The molecule has 0 spiro atoms. The van der Waals surface area contributed by atoms with Crippen LogP contribution < -0.4 is 10.2 Å². The smallest absolute Gasteiger partial charge is 0.355 e. The van der Waals surface area contributed by atoms with E-state index in [4.69, 9.17) is 14.2 Å². The molecule has 8 nitrogen and oxygen atoms in total. The van der Waals surface area contributed by atoms with Crippen molar-refractivity contribution in [3.05, 3.63) is 41.1 Å². The largest absolute Gasteiger partial charge is 0.466 e. The van der Waals surface area contributed by atoms with Crippen molar-refractivity contribution in [1.82, 2.24) is 5.32 Å². The normalized spacial score (nSPS) is 14.2. The van der Waals surface area contributed by atoms with Crippen LogP contribution in [0.3, 0.4) is 0 Å². The van der Waals surface area contributed by atoms with Crippen LogP contribution in [-0.4, -0.2) is 52.5 Å². The lowest BCUT2D eigenvalue weighted by Gasteiger charge is -2.32. The summed E-state index contributed by atoms with van der Waals surface area (Å²) in [6, 6.07) is 6.66. The average Bonchev–Trinajstić information content (AvgIpc) is 2.65. The number of nitrogens with zero attached hydrogens (tertiary/aromatic N) is 1. The van der Waals surface area contributed by atoms with E-state index >= 15 is 0 Å². The van der Waals surface area contributed by atoms with Gasteiger partial charge in [-0.1, -0.05) is 12.1 Å². The third kappa shape index (κ3) is 3.23. The van der Waals surface area contributed by atoms with Crippen LogP contribution in [0.5, 0.6) is 0 Å². The van der Waals surface area contributed by atoms with Crippen LogP contribution in [0.4, 0.5) is 5.69 Å². The molecule has 1 amide bonds. The Morgan fingerprint density at radius 3 is 2.42 bits per heavy atom. The van der Waals surface area contributed by atoms with Crippen molar-refractivity contribution in [3.8, 4) is 0 Å². The van der Waals surface area contributed by atoms with Crippen LogP contribution in [0.15, 0.2) is 35.5 Å². The molecule has 0 unspecified atom stereocenters. The highest BCUT2D eigenvalue weighted by Gasteiger charge is 2.33. The van der Waals surface area contributed by atoms with Gasteiger partial charge < -0.3 is 24.4 Å². The molecule has 1 aliphatic heterocycles. The number of rotatable bonds is 4. The summed E-state index contributed by atoms with van der Waals surface area (Å²) in [5, 5.41) is 2.53. The summed E-state index contributed by atoms with van der Waals surface area (Å²) >= 11 is 0. The van der Waals surface area contributed by atoms with Gasteiger partial charge in [-0.25, -0.2) is 9.59 Å². The Morgan fingerprint density at radius 1 is 1.12 bits per heavy atom. The molecule has 0 bridgehead atoms. The summed E-state index contributed by atoms with van der Waals surface area (Å²) in [4.78, 5) is 37.7. The minimum absolute atomic E-state index is 0.00745. The van der Waals surface area contributed by atoms with Gasteiger partial charge in [0, 0.05) is 7.05 Å². The molecule has 0 saturated carbocycles. The Kier molecular flexibility index (Phi) is 5.54. The van der Waals surface area contributed by atoms with E-state index in [1.807, 2.05) is 0 Å². The van der Waals surface area contributed by atoms with E-state index in [9.17, 15) is 14.4 Å². The Bertz CT molecular complexity index is 698. The number of hydrogen-bond donors (Lipinski definition) is 1. The molecule has 1 heterocycles. The molecule has 1 aromatic rings. The van der Waals surface area contributed by atoms with E-state index < -0.39 is 11.9 Å². The molecule has 1 aromatic carbocycles. The Hall–Kier alpha value is -2.87. The Morgan fingerprint density at radius 2 is 1.79 bits per heavy atom. The molecule has 8 heteroatoms. The van der Waals surface area contributed by atoms with Gasteiger partial charge in [-0.05, 0) is 12.1 Å². The first-order valence-electron chi connectivity index (χ1n) is 7.11. The van der Waals surface area contributed by atoms with E-state index in [0.29, 0.717) is 11.3 Å². The van der Waals surface area contributed by atoms with Crippen molar-refractivity contribution in [2.75, 3.05) is 39.5 Å². The van der Waals surface area contributed by atoms with Crippen LogP contribution in [0.1, 0.15) is 10.4 Å². The van der Waals surface area contributed by atoms with Crippen molar-refractivity contribution in [1.29, 1.82) is 0 Å². The van der Waals surface area contributed by atoms with E-state index in [0.717, 1.165) is 0 Å². The van der Waals surface area contributed by atoms with Crippen molar-refractivity contribution in [3.63, 3.8) is 0 Å². The topological polar surface area (TPSA) is 94.2 Å². The predicted octanol–water partition coefficient (Wildman–Crippen LogP) is 0.440. The molecule has 2 rings (SSSR count). The van der Waals surface area contributed by atoms with Gasteiger partial charge in [0.15, 0.2) is 0 Å². The monoisotopic (exact) mass is 334 g/mol. The highest BCUT2D eigenvalue weighted by atomic mass is 16.5. The highest BCUT2D eigenvalue weighted by molar-refractivity contribution is 6.06. The summed E-state index contributed by atoms with van der Waals surface area (Å²) in [5.74, 6) is -1.75. The fourth-order valence-electron chi connectivity index (χ4n) is 2.37. The average molecular weight is 334 g/mol. The maximum atomic E-state index is 12.2. The van der Waals surface area contributed by atoms with Crippen molar-refractivity contribution < 1.29 is 28.6 Å². The second-order valence-corrected chi connectivity index (χ2v) is 4.81. The standard InChI is InChI=1S/C16H18N2O6/c1-17-14(19)10-6-4-5-7-12(10)18-9-24-8-11(15(20)22-2)13(18)16(21)23-3/h4-7H,8-9H2,1-3H3,(H,17,19). The zero-order valence-electron chi connectivity index (χ0n) is 13.6. The number of hydrogen-bond acceptors (Lipinski definition) is 7. The highest BCUT2D eigenvalue weighted by Crippen LogP contribution is 2.29. The minimum atomic E-state index is -0.717. The molecule has 0 aromatic heterocycles. The number of benzene rings is 1. The summed E-state index contributed by atoms with van der Waals surface area (Å²) in [6.07, 6.45) is 0. The maximum Gasteiger partial charge on any atom is 0.355 e.